The Bertz CT molecular complexity index is 459. The molecule has 1 N–H and O–H groups in total. The number of benzene rings is 1. The molecule has 0 atom stereocenters. The van der Waals surface area contributed by atoms with Crippen molar-refractivity contribution in [1.82, 2.24) is 0 Å². The van der Waals surface area contributed by atoms with Gasteiger partial charge < -0.3 is 5.11 Å². The largest absolute Gasteiger partial charge is 0.480 e. The van der Waals surface area contributed by atoms with E-state index in [1.807, 2.05) is 6.07 Å². The van der Waals surface area contributed by atoms with E-state index < -0.39 is 21.6 Å². The summed E-state index contributed by atoms with van der Waals surface area (Å²) in [6, 6.07) is 8.80. The fourth-order valence-corrected chi connectivity index (χ4v) is 1.77. The summed E-state index contributed by atoms with van der Waals surface area (Å²) in [4.78, 5) is 10.2. The number of carboxylic acids is 1. The smallest absolute Gasteiger partial charge is 0.319 e. The molecule has 0 spiro atoms. The first kappa shape index (κ1) is 11.5. The molecule has 15 heavy (non-hydrogen) atoms. The van der Waals surface area contributed by atoms with Gasteiger partial charge in [-0.25, -0.2) is 8.42 Å². The fourth-order valence-electron chi connectivity index (χ4n) is 0.967. The van der Waals surface area contributed by atoms with Gasteiger partial charge in [-0.15, -0.1) is 0 Å². The van der Waals surface area contributed by atoms with Crippen LogP contribution in [0, 0.1) is 0 Å². The summed E-state index contributed by atoms with van der Waals surface area (Å²) in [6.07, 6.45) is 1.37. The van der Waals surface area contributed by atoms with E-state index in [2.05, 4.69) is 0 Å². The highest BCUT2D eigenvalue weighted by Gasteiger charge is 2.11. The summed E-state index contributed by atoms with van der Waals surface area (Å²) < 4.78 is 22.3. The standard InChI is InChI=1S/C10H10O4S/c11-10(12)8-15(13,14)7-6-9-4-2-1-3-5-9/h1-7H,8H2,(H,11,12). The molecular formula is C10H10O4S. The number of hydrogen-bond acceptors (Lipinski definition) is 3. The van der Waals surface area contributed by atoms with E-state index in [1.165, 1.54) is 6.08 Å². The SMILES string of the molecule is O=C(O)CS(=O)(=O)C=Cc1ccccc1. The second-order valence-electron chi connectivity index (χ2n) is 2.91. The summed E-state index contributed by atoms with van der Waals surface area (Å²) >= 11 is 0. The fraction of sp³-hybridized carbons (Fsp3) is 0.100. The van der Waals surface area contributed by atoms with Gasteiger partial charge in [0.1, 0.15) is 0 Å². The molecular weight excluding hydrogens is 216 g/mol. The number of aliphatic carboxylic acids is 1. The van der Waals surface area contributed by atoms with Crippen LogP contribution in [0.5, 0.6) is 0 Å². The molecule has 4 nitrogen and oxygen atoms in total. The Balaban J connectivity index is 2.78. The molecule has 1 aromatic carbocycles. The molecule has 0 radical (unpaired) electrons. The van der Waals surface area contributed by atoms with Crippen molar-refractivity contribution in [1.29, 1.82) is 0 Å². The Kier molecular flexibility index (Phi) is 3.62. The predicted octanol–water partition coefficient (Wildman–Crippen LogP) is 1.16. The van der Waals surface area contributed by atoms with E-state index in [9.17, 15) is 13.2 Å². The minimum absolute atomic E-state index is 0.714. The highest BCUT2D eigenvalue weighted by atomic mass is 32.2. The molecule has 1 rings (SSSR count). The number of hydrogen-bond donors (Lipinski definition) is 1. The van der Waals surface area contributed by atoms with E-state index in [1.54, 1.807) is 24.3 Å². The van der Waals surface area contributed by atoms with Gasteiger partial charge >= 0.3 is 5.97 Å². The first-order chi connectivity index (χ1) is 6.99. The van der Waals surface area contributed by atoms with Gasteiger partial charge in [-0.2, -0.15) is 0 Å². The van der Waals surface area contributed by atoms with Gasteiger partial charge in [0, 0.05) is 5.41 Å². The molecule has 80 valence electrons. The van der Waals surface area contributed by atoms with Crippen LogP contribution in [0.15, 0.2) is 35.7 Å². The van der Waals surface area contributed by atoms with Crippen LogP contribution in [0.25, 0.3) is 6.08 Å². The molecule has 0 saturated carbocycles. The maximum atomic E-state index is 11.1. The lowest BCUT2D eigenvalue weighted by molar-refractivity contribution is -0.134. The third-order valence-corrected chi connectivity index (χ3v) is 2.79. The van der Waals surface area contributed by atoms with Crippen LogP contribution in [-0.4, -0.2) is 25.2 Å². The van der Waals surface area contributed by atoms with Crippen molar-refractivity contribution in [3.63, 3.8) is 0 Å². The molecule has 0 amide bonds. The zero-order valence-corrected chi connectivity index (χ0v) is 8.65. The van der Waals surface area contributed by atoms with E-state index in [-0.39, 0.29) is 0 Å². The van der Waals surface area contributed by atoms with E-state index >= 15 is 0 Å². The van der Waals surface area contributed by atoms with Crippen molar-refractivity contribution < 1.29 is 18.3 Å². The minimum Gasteiger partial charge on any atom is -0.480 e. The van der Waals surface area contributed by atoms with Gasteiger partial charge in [-0.05, 0) is 11.6 Å². The summed E-state index contributed by atoms with van der Waals surface area (Å²) in [5.41, 5.74) is 0.714. The Morgan fingerprint density at radius 2 is 1.87 bits per heavy atom. The molecule has 0 aliphatic carbocycles. The first-order valence-electron chi connectivity index (χ1n) is 4.17. The Labute approximate surface area is 87.8 Å². The Morgan fingerprint density at radius 3 is 2.40 bits per heavy atom. The summed E-state index contributed by atoms with van der Waals surface area (Å²) in [5, 5.41) is 9.25. The third kappa shape index (κ3) is 4.42. The van der Waals surface area contributed by atoms with E-state index in [4.69, 9.17) is 5.11 Å². The van der Waals surface area contributed by atoms with E-state index in [0.29, 0.717) is 5.56 Å². The van der Waals surface area contributed by atoms with Crippen molar-refractivity contribution in [2.75, 3.05) is 5.75 Å². The van der Waals surface area contributed by atoms with Gasteiger partial charge in [-0.1, -0.05) is 30.3 Å². The van der Waals surface area contributed by atoms with Crippen molar-refractivity contribution >= 4 is 21.9 Å². The van der Waals surface area contributed by atoms with Crippen LogP contribution < -0.4 is 0 Å². The van der Waals surface area contributed by atoms with Gasteiger partial charge in [0.25, 0.3) is 0 Å². The molecule has 0 heterocycles. The van der Waals surface area contributed by atoms with E-state index in [0.717, 1.165) is 5.41 Å². The monoisotopic (exact) mass is 226 g/mol. The van der Waals surface area contributed by atoms with Gasteiger partial charge in [-0.3, -0.25) is 4.79 Å². The average molecular weight is 226 g/mol. The Hall–Kier alpha value is -1.62. The van der Waals surface area contributed by atoms with Gasteiger partial charge in [0.15, 0.2) is 15.6 Å². The highest BCUT2D eigenvalue weighted by Crippen LogP contribution is 2.03. The van der Waals surface area contributed by atoms with Crippen molar-refractivity contribution in [2.45, 2.75) is 0 Å². The molecule has 5 heteroatoms. The van der Waals surface area contributed by atoms with Crippen molar-refractivity contribution in [2.24, 2.45) is 0 Å². The molecule has 0 unspecified atom stereocenters. The molecule has 0 bridgehead atoms. The molecule has 1 aromatic rings. The average Bonchev–Trinajstić information content (AvgIpc) is 2.15. The first-order valence-corrected chi connectivity index (χ1v) is 5.89. The number of sulfone groups is 1. The van der Waals surface area contributed by atoms with Crippen LogP contribution in [0.3, 0.4) is 0 Å². The van der Waals surface area contributed by atoms with Crippen molar-refractivity contribution in [3.05, 3.63) is 41.3 Å². The van der Waals surface area contributed by atoms with Gasteiger partial charge in [0.05, 0.1) is 0 Å². The lowest BCUT2D eigenvalue weighted by atomic mass is 10.2. The molecule has 0 aromatic heterocycles. The number of rotatable bonds is 4. The van der Waals surface area contributed by atoms with Crippen LogP contribution in [-0.2, 0) is 14.6 Å². The molecule has 0 aliphatic heterocycles. The highest BCUT2D eigenvalue weighted by molar-refractivity contribution is 7.95. The maximum Gasteiger partial charge on any atom is 0.319 e. The summed E-state index contributed by atoms with van der Waals surface area (Å²) in [6.45, 7) is 0. The normalized spacial score (nSPS) is 11.7. The van der Waals surface area contributed by atoms with Crippen LogP contribution >= 0.6 is 0 Å². The Morgan fingerprint density at radius 1 is 1.27 bits per heavy atom. The topological polar surface area (TPSA) is 71.4 Å². The predicted molar refractivity (Wildman–Crippen MR) is 56.9 cm³/mol. The second kappa shape index (κ2) is 4.75. The van der Waals surface area contributed by atoms with Crippen LogP contribution in [0.4, 0.5) is 0 Å². The lowest BCUT2D eigenvalue weighted by Crippen LogP contribution is -2.12. The second-order valence-corrected chi connectivity index (χ2v) is 4.80. The zero-order chi connectivity index (χ0) is 11.3. The summed E-state index contributed by atoms with van der Waals surface area (Å²) in [7, 11) is -3.66. The third-order valence-electron chi connectivity index (χ3n) is 1.59. The maximum absolute atomic E-state index is 11.1. The quantitative estimate of drug-likeness (QED) is 0.836. The van der Waals surface area contributed by atoms with Gasteiger partial charge in [0.2, 0.25) is 0 Å². The molecule has 0 aliphatic rings. The van der Waals surface area contributed by atoms with Crippen LogP contribution in [0.1, 0.15) is 5.56 Å². The van der Waals surface area contributed by atoms with Crippen molar-refractivity contribution in [3.8, 4) is 0 Å². The minimum atomic E-state index is -3.66. The lowest BCUT2D eigenvalue weighted by Gasteiger charge is -1.93. The van der Waals surface area contributed by atoms with Crippen LogP contribution in [0.2, 0.25) is 0 Å². The molecule has 0 fully saturated rings. The molecule has 0 saturated heterocycles. The number of carbonyl (C=O) groups is 1. The zero-order valence-electron chi connectivity index (χ0n) is 7.83. The summed E-state index contributed by atoms with van der Waals surface area (Å²) in [5.74, 6) is -2.23. The number of carboxylic acid groups (broad SMARTS) is 1.